The average molecular weight is 260 g/mol. The van der Waals surface area contributed by atoms with Crippen molar-refractivity contribution in [1.82, 2.24) is 4.90 Å². The summed E-state index contributed by atoms with van der Waals surface area (Å²) in [7, 11) is 0. The van der Waals surface area contributed by atoms with Crippen LogP contribution in [-0.2, 0) is 9.53 Å². The first-order chi connectivity index (χ1) is 9.24. The molecule has 1 aromatic rings. The molecule has 19 heavy (non-hydrogen) atoms. The molecule has 2 N–H and O–H groups in total. The van der Waals surface area contributed by atoms with E-state index in [2.05, 4.69) is 0 Å². The van der Waals surface area contributed by atoms with Crippen LogP contribution in [0.2, 0.25) is 0 Å². The van der Waals surface area contributed by atoms with Crippen LogP contribution in [0.3, 0.4) is 0 Å². The fourth-order valence-corrected chi connectivity index (χ4v) is 2.51. The number of rotatable bonds is 3. The van der Waals surface area contributed by atoms with Crippen molar-refractivity contribution < 1.29 is 9.53 Å². The van der Waals surface area contributed by atoms with Gasteiger partial charge in [0, 0.05) is 6.54 Å². The zero-order chi connectivity index (χ0) is 13.2. The van der Waals surface area contributed by atoms with E-state index in [1.807, 2.05) is 35.2 Å². The van der Waals surface area contributed by atoms with Gasteiger partial charge in [-0.15, -0.1) is 0 Å². The summed E-state index contributed by atoms with van der Waals surface area (Å²) in [6, 6.07) is 9.54. The molecule has 102 valence electrons. The Labute approximate surface area is 113 Å². The van der Waals surface area contributed by atoms with Gasteiger partial charge in [-0.3, -0.25) is 4.79 Å². The number of hydrogen-bond acceptors (Lipinski definition) is 3. The van der Waals surface area contributed by atoms with Crippen molar-refractivity contribution >= 4 is 5.91 Å². The molecule has 4 heteroatoms. The molecule has 2 aliphatic rings. The molecule has 0 bridgehead atoms. The van der Waals surface area contributed by atoms with E-state index in [1.165, 1.54) is 12.8 Å². The number of ether oxygens (including phenoxy) is 1. The minimum Gasteiger partial charge on any atom is -0.370 e. The van der Waals surface area contributed by atoms with Gasteiger partial charge in [-0.05, 0) is 24.3 Å². The maximum absolute atomic E-state index is 12.2. The number of nitrogens with two attached hydrogens (primary N) is 1. The lowest BCUT2D eigenvalue weighted by Gasteiger charge is -2.24. The zero-order valence-electron chi connectivity index (χ0n) is 11.0. The lowest BCUT2D eigenvalue weighted by Crippen LogP contribution is -2.45. The first kappa shape index (κ1) is 12.6. The van der Waals surface area contributed by atoms with Gasteiger partial charge < -0.3 is 15.4 Å². The smallest absolute Gasteiger partial charge is 0.241 e. The SMILES string of the molecule is N[C@H]1CO[C@@H](c2ccccc2)CN(CC2CC2)C1=O. The first-order valence-corrected chi connectivity index (χ1v) is 6.95. The van der Waals surface area contributed by atoms with Crippen molar-refractivity contribution in [3.05, 3.63) is 35.9 Å². The molecular formula is C15H20N2O2. The van der Waals surface area contributed by atoms with Gasteiger partial charge in [0.05, 0.1) is 13.2 Å². The van der Waals surface area contributed by atoms with Crippen LogP contribution in [0.25, 0.3) is 0 Å². The van der Waals surface area contributed by atoms with Crippen molar-refractivity contribution in [1.29, 1.82) is 0 Å². The van der Waals surface area contributed by atoms with Gasteiger partial charge in [-0.2, -0.15) is 0 Å². The molecule has 1 aliphatic heterocycles. The summed E-state index contributed by atoms with van der Waals surface area (Å²) in [5.41, 5.74) is 7.00. The molecule has 1 saturated carbocycles. The summed E-state index contributed by atoms with van der Waals surface area (Å²) in [5.74, 6) is 0.705. The Bertz CT molecular complexity index is 445. The minimum atomic E-state index is -0.521. The maximum atomic E-state index is 12.2. The van der Waals surface area contributed by atoms with Gasteiger partial charge in [0.15, 0.2) is 0 Å². The van der Waals surface area contributed by atoms with Crippen LogP contribution in [0.15, 0.2) is 30.3 Å². The Morgan fingerprint density at radius 3 is 2.68 bits per heavy atom. The lowest BCUT2D eigenvalue weighted by molar-refractivity contribution is -0.132. The maximum Gasteiger partial charge on any atom is 0.241 e. The normalized spacial score (nSPS) is 28.3. The number of carbonyl (C=O) groups is 1. The van der Waals surface area contributed by atoms with Gasteiger partial charge in [0.2, 0.25) is 5.91 Å². The van der Waals surface area contributed by atoms with Gasteiger partial charge >= 0.3 is 0 Å². The zero-order valence-corrected chi connectivity index (χ0v) is 11.0. The van der Waals surface area contributed by atoms with Gasteiger partial charge in [0.1, 0.15) is 12.1 Å². The van der Waals surface area contributed by atoms with E-state index in [0.29, 0.717) is 19.1 Å². The van der Waals surface area contributed by atoms with Crippen LogP contribution < -0.4 is 5.73 Å². The first-order valence-electron chi connectivity index (χ1n) is 6.95. The molecule has 1 aromatic carbocycles. The van der Waals surface area contributed by atoms with Gasteiger partial charge in [-0.25, -0.2) is 0 Å². The molecule has 1 aliphatic carbocycles. The predicted octanol–water partition coefficient (Wildman–Crippen LogP) is 1.32. The highest BCUT2D eigenvalue weighted by Crippen LogP contribution is 2.31. The Morgan fingerprint density at radius 2 is 2.00 bits per heavy atom. The molecule has 2 fully saturated rings. The quantitative estimate of drug-likeness (QED) is 0.892. The molecule has 1 saturated heterocycles. The molecule has 0 aromatic heterocycles. The summed E-state index contributed by atoms with van der Waals surface area (Å²) >= 11 is 0. The van der Waals surface area contributed by atoms with E-state index in [1.54, 1.807) is 0 Å². The average Bonchev–Trinajstić information content (AvgIpc) is 3.26. The van der Waals surface area contributed by atoms with Crippen LogP contribution in [0, 0.1) is 5.92 Å². The highest BCUT2D eigenvalue weighted by atomic mass is 16.5. The molecule has 0 spiro atoms. The Kier molecular flexibility index (Phi) is 3.53. The largest absolute Gasteiger partial charge is 0.370 e. The molecule has 1 amide bonds. The van der Waals surface area contributed by atoms with Crippen molar-refractivity contribution in [2.75, 3.05) is 19.7 Å². The van der Waals surface area contributed by atoms with Crippen LogP contribution in [0.5, 0.6) is 0 Å². The van der Waals surface area contributed by atoms with E-state index < -0.39 is 6.04 Å². The molecule has 0 unspecified atom stereocenters. The number of amides is 1. The second kappa shape index (κ2) is 5.31. The van der Waals surface area contributed by atoms with E-state index in [-0.39, 0.29) is 12.0 Å². The van der Waals surface area contributed by atoms with E-state index in [9.17, 15) is 4.79 Å². The van der Waals surface area contributed by atoms with Crippen molar-refractivity contribution in [2.24, 2.45) is 11.7 Å². The second-order valence-electron chi connectivity index (χ2n) is 5.53. The molecule has 2 atom stereocenters. The minimum absolute atomic E-state index is 0.0327. The second-order valence-corrected chi connectivity index (χ2v) is 5.53. The van der Waals surface area contributed by atoms with Gasteiger partial charge in [-0.1, -0.05) is 30.3 Å². The topological polar surface area (TPSA) is 55.6 Å². The number of hydrogen-bond donors (Lipinski definition) is 1. The highest BCUT2D eigenvalue weighted by Gasteiger charge is 2.33. The Hall–Kier alpha value is -1.39. The standard InChI is InChI=1S/C15H20N2O2/c16-13-10-19-14(12-4-2-1-3-5-12)9-17(15(13)18)8-11-6-7-11/h1-5,11,13-14H,6-10,16H2/t13-,14+/m0/s1. The Morgan fingerprint density at radius 1 is 1.26 bits per heavy atom. The number of carbonyl (C=O) groups excluding carboxylic acids is 1. The summed E-state index contributed by atoms with van der Waals surface area (Å²) in [4.78, 5) is 14.1. The van der Waals surface area contributed by atoms with Crippen LogP contribution in [-0.4, -0.2) is 36.5 Å². The van der Waals surface area contributed by atoms with E-state index >= 15 is 0 Å². The molecule has 3 rings (SSSR count). The predicted molar refractivity (Wildman–Crippen MR) is 72.4 cm³/mol. The van der Waals surface area contributed by atoms with E-state index in [4.69, 9.17) is 10.5 Å². The van der Waals surface area contributed by atoms with Crippen molar-refractivity contribution in [3.63, 3.8) is 0 Å². The fraction of sp³-hybridized carbons (Fsp3) is 0.533. The third-order valence-electron chi connectivity index (χ3n) is 3.84. The molecule has 0 radical (unpaired) electrons. The summed E-state index contributed by atoms with van der Waals surface area (Å²) in [6.45, 7) is 1.76. The summed E-state index contributed by atoms with van der Waals surface area (Å²) in [6.07, 6.45) is 2.41. The van der Waals surface area contributed by atoms with Crippen molar-refractivity contribution in [3.8, 4) is 0 Å². The molecular weight excluding hydrogens is 240 g/mol. The highest BCUT2D eigenvalue weighted by molar-refractivity contribution is 5.82. The van der Waals surface area contributed by atoms with Crippen LogP contribution in [0.1, 0.15) is 24.5 Å². The summed E-state index contributed by atoms with van der Waals surface area (Å²) < 4.78 is 5.82. The molecule has 4 nitrogen and oxygen atoms in total. The van der Waals surface area contributed by atoms with Gasteiger partial charge in [0.25, 0.3) is 0 Å². The van der Waals surface area contributed by atoms with Crippen LogP contribution >= 0.6 is 0 Å². The Balaban J connectivity index is 1.76. The third kappa shape index (κ3) is 2.96. The lowest BCUT2D eigenvalue weighted by atomic mass is 10.1. The summed E-state index contributed by atoms with van der Waals surface area (Å²) in [5, 5.41) is 0. The monoisotopic (exact) mass is 260 g/mol. The molecule has 1 heterocycles. The number of benzene rings is 1. The van der Waals surface area contributed by atoms with Crippen molar-refractivity contribution in [2.45, 2.75) is 25.0 Å². The fourth-order valence-electron chi connectivity index (χ4n) is 2.51. The number of nitrogens with zero attached hydrogens (tertiary/aromatic N) is 1. The van der Waals surface area contributed by atoms with E-state index in [0.717, 1.165) is 12.1 Å². The van der Waals surface area contributed by atoms with Crippen LogP contribution in [0.4, 0.5) is 0 Å². The third-order valence-corrected chi connectivity index (χ3v) is 3.84.